The molecule has 2 fully saturated rings. The van der Waals surface area contributed by atoms with E-state index in [0.29, 0.717) is 11.5 Å². The summed E-state index contributed by atoms with van der Waals surface area (Å²) in [6.07, 6.45) is 6.11. The van der Waals surface area contributed by atoms with E-state index in [4.69, 9.17) is 9.84 Å². The number of carbonyl (C=O) groups is 2. The Morgan fingerprint density at radius 3 is 2.55 bits per heavy atom. The number of urea groups is 1. The molecule has 2 amide bonds. The van der Waals surface area contributed by atoms with Gasteiger partial charge in [-0.25, -0.2) is 14.6 Å². The first-order valence-electron chi connectivity index (χ1n) is 10.6. The van der Waals surface area contributed by atoms with Crippen LogP contribution in [0.3, 0.4) is 0 Å². The average Bonchev–Trinajstić information content (AvgIpc) is 3.38. The van der Waals surface area contributed by atoms with Crippen molar-refractivity contribution in [1.82, 2.24) is 5.01 Å². The van der Waals surface area contributed by atoms with Crippen LogP contribution in [0, 0.1) is 11.8 Å². The van der Waals surface area contributed by atoms with Crippen LogP contribution in [-0.4, -0.2) is 47.6 Å². The van der Waals surface area contributed by atoms with Crippen molar-refractivity contribution in [2.45, 2.75) is 37.9 Å². The standard InChI is InChI=1S/C24H27N3O4/c1-27(24(30)26-18-5-3-2-4-6-18)25-15-20-19(21-13-14-22(20)31-21)12-9-16-7-10-17(11-8-16)23(28)29/h2-8,10-11,15,19-22H,9,12-14H2,1H3,(H,26,30)(H,28,29)/t19-,20+,21-,22+/m1/s1. The average molecular weight is 421 g/mol. The van der Waals surface area contributed by atoms with E-state index in [1.807, 2.05) is 48.7 Å². The third kappa shape index (κ3) is 4.94. The van der Waals surface area contributed by atoms with Crippen LogP contribution in [0.5, 0.6) is 0 Å². The van der Waals surface area contributed by atoms with Gasteiger partial charge in [-0.05, 0) is 61.4 Å². The molecule has 4 rings (SSSR count). The quantitative estimate of drug-likeness (QED) is 0.516. The highest BCUT2D eigenvalue weighted by atomic mass is 16.5. The molecule has 162 valence electrons. The number of hydrazone groups is 1. The molecule has 2 aliphatic heterocycles. The maximum absolute atomic E-state index is 12.4. The summed E-state index contributed by atoms with van der Waals surface area (Å²) >= 11 is 0. The molecule has 7 heteroatoms. The molecule has 2 N–H and O–H groups in total. The molecule has 0 radical (unpaired) electrons. The molecule has 2 aliphatic rings. The van der Waals surface area contributed by atoms with E-state index >= 15 is 0 Å². The lowest BCUT2D eigenvalue weighted by molar-refractivity contribution is 0.0696. The van der Waals surface area contributed by atoms with Crippen LogP contribution >= 0.6 is 0 Å². The number of rotatable bonds is 7. The van der Waals surface area contributed by atoms with Gasteiger partial charge in [-0.2, -0.15) is 5.10 Å². The normalized spacial score (nSPS) is 24.4. The number of amides is 2. The van der Waals surface area contributed by atoms with Gasteiger partial charge in [-0.1, -0.05) is 30.3 Å². The lowest BCUT2D eigenvalue weighted by Gasteiger charge is -2.25. The Labute approximate surface area is 181 Å². The minimum absolute atomic E-state index is 0.152. The highest BCUT2D eigenvalue weighted by molar-refractivity contribution is 5.89. The third-order valence-corrected chi connectivity index (χ3v) is 6.18. The monoisotopic (exact) mass is 421 g/mol. The maximum atomic E-state index is 12.4. The van der Waals surface area contributed by atoms with Crippen molar-refractivity contribution >= 4 is 23.9 Å². The molecule has 2 aromatic rings. The number of anilines is 1. The van der Waals surface area contributed by atoms with E-state index in [1.165, 1.54) is 5.01 Å². The number of carboxylic acids is 1. The summed E-state index contributed by atoms with van der Waals surface area (Å²) in [5.74, 6) is -0.402. The van der Waals surface area contributed by atoms with Crippen molar-refractivity contribution < 1.29 is 19.4 Å². The molecule has 31 heavy (non-hydrogen) atoms. The Hall–Kier alpha value is -3.19. The summed E-state index contributed by atoms with van der Waals surface area (Å²) in [6.45, 7) is 0. The second-order valence-electron chi connectivity index (χ2n) is 8.16. The van der Waals surface area contributed by atoms with E-state index in [9.17, 15) is 9.59 Å². The van der Waals surface area contributed by atoms with Gasteiger partial charge in [0.2, 0.25) is 0 Å². The number of aromatic carboxylic acids is 1. The molecule has 0 saturated carbocycles. The Kier molecular flexibility index (Phi) is 6.32. The zero-order chi connectivity index (χ0) is 21.8. The van der Waals surface area contributed by atoms with Crippen LogP contribution < -0.4 is 5.32 Å². The van der Waals surface area contributed by atoms with Gasteiger partial charge >= 0.3 is 12.0 Å². The molecule has 0 aromatic heterocycles. The van der Waals surface area contributed by atoms with Crippen molar-refractivity contribution in [3.63, 3.8) is 0 Å². The number of para-hydroxylation sites is 1. The first kappa shape index (κ1) is 21.1. The number of fused-ring (bicyclic) bond motifs is 2. The Morgan fingerprint density at radius 1 is 1.13 bits per heavy atom. The molecular weight excluding hydrogens is 394 g/mol. The minimum atomic E-state index is -0.912. The van der Waals surface area contributed by atoms with Crippen LogP contribution in [-0.2, 0) is 11.2 Å². The Bertz CT molecular complexity index is 945. The highest BCUT2D eigenvalue weighted by Gasteiger charge is 2.47. The molecule has 2 heterocycles. The highest BCUT2D eigenvalue weighted by Crippen LogP contribution is 2.44. The molecule has 2 saturated heterocycles. The number of hydrogen-bond donors (Lipinski definition) is 2. The van der Waals surface area contributed by atoms with E-state index in [1.54, 1.807) is 19.2 Å². The fourth-order valence-electron chi connectivity index (χ4n) is 4.50. The number of nitrogens with one attached hydrogen (secondary N) is 1. The molecular formula is C24H27N3O4. The summed E-state index contributed by atoms with van der Waals surface area (Å²) in [5, 5.41) is 17.6. The largest absolute Gasteiger partial charge is 0.478 e. The van der Waals surface area contributed by atoms with Crippen molar-refractivity contribution in [2.24, 2.45) is 16.9 Å². The Morgan fingerprint density at radius 2 is 1.84 bits per heavy atom. The van der Waals surface area contributed by atoms with Crippen LogP contribution in [0.2, 0.25) is 0 Å². The molecule has 0 unspecified atom stereocenters. The molecule has 7 nitrogen and oxygen atoms in total. The fraction of sp³-hybridized carbons (Fsp3) is 0.375. The second-order valence-corrected chi connectivity index (χ2v) is 8.16. The van der Waals surface area contributed by atoms with Gasteiger partial charge in [0.1, 0.15) is 0 Å². The summed E-state index contributed by atoms with van der Waals surface area (Å²) in [4.78, 5) is 23.4. The van der Waals surface area contributed by atoms with E-state index in [-0.39, 0.29) is 24.2 Å². The maximum Gasteiger partial charge on any atom is 0.341 e. The van der Waals surface area contributed by atoms with E-state index < -0.39 is 5.97 Å². The number of nitrogens with zero attached hydrogens (tertiary/aromatic N) is 2. The number of carbonyl (C=O) groups excluding carboxylic acids is 1. The lowest BCUT2D eigenvalue weighted by atomic mass is 9.77. The lowest BCUT2D eigenvalue weighted by Crippen LogP contribution is -2.31. The molecule has 0 spiro atoms. The van der Waals surface area contributed by atoms with Gasteiger partial charge in [-0.3, -0.25) is 0 Å². The zero-order valence-electron chi connectivity index (χ0n) is 17.5. The van der Waals surface area contributed by atoms with Crippen molar-refractivity contribution in [3.05, 3.63) is 65.7 Å². The summed E-state index contributed by atoms with van der Waals surface area (Å²) in [5.41, 5.74) is 2.14. The van der Waals surface area contributed by atoms with Crippen molar-refractivity contribution in [3.8, 4) is 0 Å². The third-order valence-electron chi connectivity index (χ3n) is 6.18. The van der Waals surface area contributed by atoms with Gasteiger partial charge in [0.05, 0.1) is 17.8 Å². The van der Waals surface area contributed by atoms with Crippen LogP contribution in [0.15, 0.2) is 59.7 Å². The van der Waals surface area contributed by atoms with Crippen molar-refractivity contribution in [1.29, 1.82) is 0 Å². The number of ether oxygens (including phenoxy) is 1. The van der Waals surface area contributed by atoms with Crippen LogP contribution in [0.25, 0.3) is 0 Å². The van der Waals surface area contributed by atoms with Crippen molar-refractivity contribution in [2.75, 3.05) is 12.4 Å². The first-order valence-corrected chi connectivity index (χ1v) is 10.6. The van der Waals surface area contributed by atoms with Gasteiger partial charge in [0.25, 0.3) is 0 Å². The molecule has 2 bridgehead atoms. The minimum Gasteiger partial charge on any atom is -0.478 e. The molecule has 4 atom stereocenters. The summed E-state index contributed by atoms with van der Waals surface area (Å²) in [6, 6.07) is 16.1. The number of carboxylic acid groups (broad SMARTS) is 1. The van der Waals surface area contributed by atoms with Gasteiger partial charge in [0.15, 0.2) is 0 Å². The number of aryl methyl sites for hydroxylation is 1. The number of benzene rings is 2. The first-order chi connectivity index (χ1) is 15.0. The van der Waals surface area contributed by atoms with E-state index in [2.05, 4.69) is 10.4 Å². The molecule has 0 aliphatic carbocycles. The zero-order valence-corrected chi connectivity index (χ0v) is 17.5. The topological polar surface area (TPSA) is 91.2 Å². The Balaban J connectivity index is 1.36. The fourth-order valence-corrected chi connectivity index (χ4v) is 4.50. The number of hydrogen-bond acceptors (Lipinski definition) is 4. The van der Waals surface area contributed by atoms with Gasteiger partial charge in [0, 0.05) is 24.9 Å². The van der Waals surface area contributed by atoms with Crippen LogP contribution in [0.1, 0.15) is 35.2 Å². The molecule has 2 aromatic carbocycles. The smallest absolute Gasteiger partial charge is 0.341 e. The predicted molar refractivity (Wildman–Crippen MR) is 118 cm³/mol. The van der Waals surface area contributed by atoms with E-state index in [0.717, 1.165) is 36.9 Å². The summed E-state index contributed by atoms with van der Waals surface area (Å²) < 4.78 is 6.14. The second kappa shape index (κ2) is 9.31. The predicted octanol–water partition coefficient (Wildman–Crippen LogP) is 4.26. The summed E-state index contributed by atoms with van der Waals surface area (Å²) in [7, 11) is 1.64. The van der Waals surface area contributed by atoms with Gasteiger partial charge < -0.3 is 15.2 Å². The SMILES string of the molecule is CN(N=C[C@H]1[C@@H](CCc2ccc(C(=O)O)cc2)[C@H]2CC[C@@H]1O2)C(=O)Nc1ccccc1. The van der Waals surface area contributed by atoms with Gasteiger partial charge in [-0.15, -0.1) is 0 Å². The van der Waals surface area contributed by atoms with Crippen LogP contribution in [0.4, 0.5) is 10.5 Å².